The van der Waals surface area contributed by atoms with E-state index < -0.39 is 6.10 Å². The number of pyridine rings is 1. The Morgan fingerprint density at radius 1 is 1.33 bits per heavy atom. The van der Waals surface area contributed by atoms with Crippen LogP contribution in [0.4, 0.5) is 0 Å². The molecule has 1 atom stereocenters. The normalized spacial score (nSPS) is 12.2. The van der Waals surface area contributed by atoms with Gasteiger partial charge in [0.2, 0.25) is 0 Å². The molecule has 1 aromatic carbocycles. The van der Waals surface area contributed by atoms with E-state index in [1.165, 1.54) is 0 Å². The summed E-state index contributed by atoms with van der Waals surface area (Å²) in [5.74, 6) is 0.607. The number of ether oxygens (including phenoxy) is 1. The molecule has 0 aliphatic heterocycles. The van der Waals surface area contributed by atoms with Crippen molar-refractivity contribution < 1.29 is 9.84 Å². The van der Waals surface area contributed by atoms with Gasteiger partial charge in [0.1, 0.15) is 11.9 Å². The average Bonchev–Trinajstić information content (AvgIpc) is 2.41. The van der Waals surface area contributed by atoms with Crippen molar-refractivity contribution in [2.24, 2.45) is 0 Å². The fourth-order valence-electron chi connectivity index (χ4n) is 1.76. The zero-order chi connectivity index (χ0) is 13.1. The zero-order valence-electron chi connectivity index (χ0n) is 10.2. The van der Waals surface area contributed by atoms with E-state index in [1.807, 2.05) is 19.1 Å². The van der Waals surface area contributed by atoms with Gasteiger partial charge in [-0.2, -0.15) is 0 Å². The van der Waals surface area contributed by atoms with Crippen LogP contribution in [-0.2, 0) is 0 Å². The Kier molecular flexibility index (Phi) is 3.84. The lowest BCUT2D eigenvalue weighted by Gasteiger charge is -2.14. The van der Waals surface area contributed by atoms with Crippen LogP contribution in [0.15, 0.2) is 36.7 Å². The van der Waals surface area contributed by atoms with E-state index >= 15 is 0 Å². The predicted molar refractivity (Wildman–Crippen MR) is 71.0 cm³/mol. The second-order valence-corrected chi connectivity index (χ2v) is 4.42. The third-order valence-corrected chi connectivity index (χ3v) is 3.32. The molecule has 0 bridgehead atoms. The van der Waals surface area contributed by atoms with Crippen molar-refractivity contribution in [2.45, 2.75) is 13.0 Å². The summed E-state index contributed by atoms with van der Waals surface area (Å²) in [6.45, 7) is 1.91. The molecule has 0 fully saturated rings. The second-order valence-electron chi connectivity index (χ2n) is 4.04. The van der Waals surface area contributed by atoms with Crippen LogP contribution < -0.4 is 4.74 Å². The number of aliphatic hydroxyl groups excluding tert-OH is 1. The number of aryl methyl sites for hydroxylation is 1. The van der Waals surface area contributed by atoms with Gasteiger partial charge in [-0.05, 0) is 18.6 Å². The number of methoxy groups -OCH3 is 1. The Labute approximate surface area is 111 Å². The van der Waals surface area contributed by atoms with Gasteiger partial charge >= 0.3 is 0 Å². The maximum Gasteiger partial charge on any atom is 0.137 e. The number of aliphatic hydroxyl groups is 1. The number of hydrogen-bond acceptors (Lipinski definition) is 3. The molecular formula is C14H14ClNO2. The van der Waals surface area contributed by atoms with Crippen LogP contribution in [0.2, 0.25) is 5.02 Å². The first-order valence-corrected chi connectivity index (χ1v) is 5.93. The Bertz CT molecular complexity index is 557. The third-order valence-electron chi connectivity index (χ3n) is 2.80. The second kappa shape index (κ2) is 5.38. The van der Waals surface area contributed by atoms with Gasteiger partial charge in [-0.1, -0.05) is 29.8 Å². The zero-order valence-corrected chi connectivity index (χ0v) is 11.0. The number of hydrogen-bond donors (Lipinski definition) is 1. The number of benzene rings is 1. The van der Waals surface area contributed by atoms with E-state index in [1.54, 1.807) is 31.6 Å². The minimum absolute atomic E-state index is 0.577. The highest BCUT2D eigenvalue weighted by Crippen LogP contribution is 2.31. The maximum atomic E-state index is 10.3. The Morgan fingerprint density at radius 2 is 2.11 bits per heavy atom. The SMILES string of the molecule is COc1cncc(C(O)c2cccc(C)c2Cl)c1. The number of halogens is 1. The van der Waals surface area contributed by atoms with Crippen LogP contribution in [0.3, 0.4) is 0 Å². The van der Waals surface area contributed by atoms with Crippen LogP contribution >= 0.6 is 11.6 Å². The van der Waals surface area contributed by atoms with Gasteiger partial charge < -0.3 is 9.84 Å². The predicted octanol–water partition coefficient (Wildman–Crippen LogP) is 3.13. The molecule has 94 valence electrons. The van der Waals surface area contributed by atoms with E-state index in [0.717, 1.165) is 5.56 Å². The molecule has 3 nitrogen and oxygen atoms in total. The Balaban J connectivity index is 2.41. The van der Waals surface area contributed by atoms with Crippen molar-refractivity contribution in [1.82, 2.24) is 4.98 Å². The van der Waals surface area contributed by atoms with Gasteiger partial charge in [-0.3, -0.25) is 4.98 Å². The van der Waals surface area contributed by atoms with E-state index in [9.17, 15) is 5.11 Å². The standard InChI is InChI=1S/C14H14ClNO2/c1-9-4-3-5-12(13(9)15)14(17)10-6-11(18-2)8-16-7-10/h3-8,14,17H,1-2H3. The molecular weight excluding hydrogens is 250 g/mol. The highest BCUT2D eigenvalue weighted by molar-refractivity contribution is 6.32. The summed E-state index contributed by atoms with van der Waals surface area (Å²) >= 11 is 6.20. The van der Waals surface area contributed by atoms with Gasteiger partial charge in [-0.25, -0.2) is 0 Å². The van der Waals surface area contributed by atoms with Crippen molar-refractivity contribution in [3.8, 4) is 5.75 Å². The summed E-state index contributed by atoms with van der Waals surface area (Å²) in [7, 11) is 1.56. The summed E-state index contributed by atoms with van der Waals surface area (Å²) in [5.41, 5.74) is 2.26. The first-order valence-electron chi connectivity index (χ1n) is 5.55. The number of nitrogens with zero attached hydrogens (tertiary/aromatic N) is 1. The average molecular weight is 264 g/mol. The summed E-state index contributed by atoms with van der Waals surface area (Å²) in [6, 6.07) is 7.32. The monoisotopic (exact) mass is 263 g/mol. The van der Waals surface area contributed by atoms with E-state index in [4.69, 9.17) is 16.3 Å². The summed E-state index contributed by atoms with van der Waals surface area (Å²) < 4.78 is 5.09. The topological polar surface area (TPSA) is 42.4 Å². The van der Waals surface area contributed by atoms with Gasteiger partial charge in [0.15, 0.2) is 0 Å². The summed E-state index contributed by atoms with van der Waals surface area (Å²) in [6.07, 6.45) is 2.39. The van der Waals surface area contributed by atoms with Gasteiger partial charge in [0.25, 0.3) is 0 Å². The molecule has 1 unspecified atom stereocenters. The lowest BCUT2D eigenvalue weighted by molar-refractivity contribution is 0.219. The molecule has 4 heteroatoms. The quantitative estimate of drug-likeness (QED) is 0.925. The van der Waals surface area contributed by atoms with Crippen molar-refractivity contribution in [3.05, 3.63) is 58.4 Å². The molecule has 0 saturated heterocycles. The Hall–Kier alpha value is -1.58. The number of aromatic nitrogens is 1. The van der Waals surface area contributed by atoms with Crippen LogP contribution in [0.1, 0.15) is 22.8 Å². The van der Waals surface area contributed by atoms with Gasteiger partial charge in [0, 0.05) is 22.3 Å². The van der Waals surface area contributed by atoms with E-state index in [2.05, 4.69) is 4.98 Å². The van der Waals surface area contributed by atoms with Crippen molar-refractivity contribution in [1.29, 1.82) is 0 Å². The van der Waals surface area contributed by atoms with E-state index in [-0.39, 0.29) is 0 Å². The van der Waals surface area contributed by atoms with Crippen LogP contribution in [0.25, 0.3) is 0 Å². The van der Waals surface area contributed by atoms with Crippen LogP contribution in [0.5, 0.6) is 5.75 Å². The smallest absolute Gasteiger partial charge is 0.137 e. The molecule has 0 radical (unpaired) electrons. The van der Waals surface area contributed by atoms with Crippen molar-refractivity contribution >= 4 is 11.6 Å². The molecule has 1 heterocycles. The first kappa shape index (κ1) is 12.9. The highest BCUT2D eigenvalue weighted by atomic mass is 35.5. The molecule has 18 heavy (non-hydrogen) atoms. The highest BCUT2D eigenvalue weighted by Gasteiger charge is 2.15. The molecule has 0 spiro atoms. The molecule has 0 saturated carbocycles. The van der Waals surface area contributed by atoms with Gasteiger partial charge in [0.05, 0.1) is 13.3 Å². The lowest BCUT2D eigenvalue weighted by atomic mass is 10.0. The fraction of sp³-hybridized carbons (Fsp3) is 0.214. The fourth-order valence-corrected chi connectivity index (χ4v) is 1.99. The molecule has 1 N–H and O–H groups in total. The molecule has 2 aromatic rings. The van der Waals surface area contributed by atoms with Gasteiger partial charge in [-0.15, -0.1) is 0 Å². The Morgan fingerprint density at radius 3 is 2.83 bits per heavy atom. The molecule has 0 aliphatic rings. The largest absolute Gasteiger partial charge is 0.495 e. The number of rotatable bonds is 3. The minimum Gasteiger partial charge on any atom is -0.495 e. The maximum absolute atomic E-state index is 10.3. The van der Waals surface area contributed by atoms with Crippen LogP contribution in [-0.4, -0.2) is 17.2 Å². The lowest BCUT2D eigenvalue weighted by Crippen LogP contribution is -2.02. The van der Waals surface area contributed by atoms with Crippen molar-refractivity contribution in [2.75, 3.05) is 7.11 Å². The first-order chi connectivity index (χ1) is 8.63. The van der Waals surface area contributed by atoms with Crippen LogP contribution in [0, 0.1) is 6.92 Å². The minimum atomic E-state index is -0.806. The molecule has 0 amide bonds. The van der Waals surface area contributed by atoms with E-state index in [0.29, 0.717) is 21.9 Å². The summed E-state index contributed by atoms with van der Waals surface area (Å²) in [5, 5.41) is 10.9. The molecule has 2 rings (SSSR count). The molecule has 0 aliphatic carbocycles. The molecule has 1 aromatic heterocycles. The third kappa shape index (κ3) is 2.47. The van der Waals surface area contributed by atoms with Crippen molar-refractivity contribution in [3.63, 3.8) is 0 Å². The summed E-state index contributed by atoms with van der Waals surface area (Å²) in [4.78, 5) is 4.03.